The Kier molecular flexibility index (Phi) is 7.84. The summed E-state index contributed by atoms with van der Waals surface area (Å²) in [4.78, 5) is 1.41. The van der Waals surface area contributed by atoms with E-state index in [9.17, 15) is 0 Å². The van der Waals surface area contributed by atoms with Gasteiger partial charge in [0.15, 0.2) is 0 Å². The minimum Gasteiger partial charge on any atom is -0.326 e. The molecule has 17 heavy (non-hydrogen) atoms. The number of hydrogen-bond donors (Lipinski definition) is 1. The van der Waals surface area contributed by atoms with Crippen molar-refractivity contribution in [3.8, 4) is 0 Å². The molecule has 1 rings (SSSR count). The molecule has 2 N–H and O–H groups in total. The topological polar surface area (TPSA) is 26.0 Å². The fraction of sp³-hybridized carbons (Fsp3) is 0.692. The maximum absolute atomic E-state index is 6.24. The van der Waals surface area contributed by atoms with Crippen LogP contribution in [0.1, 0.15) is 49.7 Å². The largest absolute Gasteiger partial charge is 0.326 e. The first-order valence-electron chi connectivity index (χ1n) is 6.30. The van der Waals surface area contributed by atoms with Crippen molar-refractivity contribution in [1.29, 1.82) is 0 Å². The number of thiophene rings is 1. The van der Waals surface area contributed by atoms with Gasteiger partial charge < -0.3 is 5.73 Å². The monoisotopic (exact) mass is 335 g/mol. The Morgan fingerprint density at radius 1 is 1.41 bits per heavy atom. The van der Waals surface area contributed by atoms with Crippen LogP contribution in [0.15, 0.2) is 15.9 Å². The molecule has 0 aromatic carbocycles. The zero-order valence-electron chi connectivity index (χ0n) is 10.6. The summed E-state index contributed by atoms with van der Waals surface area (Å²) in [6.07, 6.45) is 4.96. The maximum Gasteiger partial charge on any atom is 0.0542 e. The molecule has 0 bridgehead atoms. The van der Waals surface area contributed by atoms with E-state index < -0.39 is 0 Å². The molecule has 4 heteroatoms. The average molecular weight is 336 g/mol. The number of hydrogen-bond acceptors (Lipinski definition) is 3. The van der Waals surface area contributed by atoms with Gasteiger partial charge in [0.1, 0.15) is 0 Å². The Morgan fingerprint density at radius 2 is 2.18 bits per heavy atom. The third-order valence-corrected chi connectivity index (χ3v) is 6.19. The van der Waals surface area contributed by atoms with Gasteiger partial charge in [0.25, 0.3) is 0 Å². The molecule has 0 radical (unpaired) electrons. The third-order valence-electron chi connectivity index (χ3n) is 2.77. The second-order valence-corrected chi connectivity index (χ2v) is 7.35. The van der Waals surface area contributed by atoms with E-state index in [4.69, 9.17) is 5.73 Å². The van der Waals surface area contributed by atoms with Crippen molar-refractivity contribution in [2.45, 2.75) is 50.8 Å². The van der Waals surface area contributed by atoms with Crippen molar-refractivity contribution >= 4 is 39.0 Å². The molecular weight excluding hydrogens is 314 g/mol. The molecule has 2 atom stereocenters. The van der Waals surface area contributed by atoms with E-state index in [0.717, 1.165) is 6.42 Å². The van der Waals surface area contributed by atoms with Gasteiger partial charge in [-0.25, -0.2) is 0 Å². The number of unbranched alkanes of at least 4 members (excludes halogenated alkanes) is 2. The maximum atomic E-state index is 6.24. The van der Waals surface area contributed by atoms with E-state index in [1.165, 1.54) is 34.4 Å². The molecule has 0 saturated carbocycles. The number of halogens is 1. The van der Waals surface area contributed by atoms with Gasteiger partial charge >= 0.3 is 0 Å². The molecule has 0 aliphatic heterocycles. The summed E-state index contributed by atoms with van der Waals surface area (Å²) in [6, 6.07) is 2.49. The van der Waals surface area contributed by atoms with E-state index in [1.54, 1.807) is 0 Å². The lowest BCUT2D eigenvalue weighted by atomic mass is 10.1. The number of nitrogens with two attached hydrogens (primary N) is 1. The van der Waals surface area contributed by atoms with Crippen LogP contribution in [-0.4, -0.2) is 11.8 Å². The van der Waals surface area contributed by atoms with Crippen molar-refractivity contribution in [3.05, 3.63) is 20.8 Å². The summed E-state index contributed by atoms with van der Waals surface area (Å²) in [7, 11) is 0. The number of rotatable bonds is 8. The van der Waals surface area contributed by atoms with Gasteiger partial charge in [0, 0.05) is 20.8 Å². The average Bonchev–Trinajstić information content (AvgIpc) is 2.75. The molecule has 0 amide bonds. The zero-order valence-corrected chi connectivity index (χ0v) is 13.8. The fourth-order valence-corrected chi connectivity index (χ4v) is 4.84. The molecule has 0 aliphatic rings. The molecule has 1 heterocycles. The van der Waals surface area contributed by atoms with Crippen molar-refractivity contribution in [3.63, 3.8) is 0 Å². The first kappa shape index (κ1) is 15.5. The van der Waals surface area contributed by atoms with Crippen LogP contribution in [-0.2, 0) is 0 Å². The van der Waals surface area contributed by atoms with E-state index in [-0.39, 0.29) is 6.04 Å². The summed E-state index contributed by atoms with van der Waals surface area (Å²) < 4.78 is 1.18. The normalized spacial score (nSPS) is 14.8. The van der Waals surface area contributed by atoms with Crippen LogP contribution < -0.4 is 5.73 Å². The van der Waals surface area contributed by atoms with Gasteiger partial charge in [-0.3, -0.25) is 0 Å². The molecule has 1 nitrogen and oxygen atoms in total. The highest BCUT2D eigenvalue weighted by atomic mass is 79.9. The molecule has 0 spiro atoms. The molecule has 0 saturated heterocycles. The van der Waals surface area contributed by atoms with Crippen molar-refractivity contribution in [2.24, 2.45) is 5.73 Å². The Hall–Kier alpha value is 0.490. The van der Waals surface area contributed by atoms with E-state index in [2.05, 4.69) is 41.2 Å². The molecular formula is C13H22BrNS2. The van der Waals surface area contributed by atoms with Crippen LogP contribution in [0.5, 0.6) is 0 Å². The summed E-state index contributed by atoms with van der Waals surface area (Å²) in [6.45, 7) is 4.42. The second-order valence-electron chi connectivity index (χ2n) is 4.24. The van der Waals surface area contributed by atoms with Gasteiger partial charge in [-0.15, -0.1) is 11.3 Å². The highest BCUT2D eigenvalue weighted by molar-refractivity contribution is 9.10. The van der Waals surface area contributed by atoms with Crippen molar-refractivity contribution in [1.82, 2.24) is 0 Å². The Bertz CT molecular complexity index is 314. The first-order chi connectivity index (χ1) is 8.19. The molecule has 2 unspecified atom stereocenters. The fourth-order valence-electron chi connectivity index (χ4n) is 1.67. The molecule has 0 fully saturated rings. The lowest BCUT2D eigenvalue weighted by Crippen LogP contribution is -2.25. The summed E-state index contributed by atoms with van der Waals surface area (Å²) >= 11 is 7.37. The molecule has 98 valence electrons. The van der Waals surface area contributed by atoms with E-state index >= 15 is 0 Å². The van der Waals surface area contributed by atoms with Crippen LogP contribution in [0.4, 0.5) is 0 Å². The van der Waals surface area contributed by atoms with E-state index in [0.29, 0.717) is 5.25 Å². The SMILES string of the molecule is CCCCCSC(c1cc(Br)cs1)C(N)CC. The van der Waals surface area contributed by atoms with Crippen LogP contribution in [0, 0.1) is 0 Å². The Balaban J connectivity index is 2.55. The number of thioether (sulfide) groups is 1. The van der Waals surface area contributed by atoms with Crippen LogP contribution in [0.3, 0.4) is 0 Å². The van der Waals surface area contributed by atoms with Gasteiger partial charge in [0.05, 0.1) is 5.25 Å². The standard InChI is InChI=1S/C13H22BrNS2/c1-3-5-6-7-16-13(11(15)4-2)12-8-10(14)9-17-12/h8-9,11,13H,3-7,15H2,1-2H3. The summed E-state index contributed by atoms with van der Waals surface area (Å²) in [5, 5.41) is 2.62. The molecule has 1 aromatic rings. The molecule has 1 aromatic heterocycles. The quantitative estimate of drug-likeness (QED) is 0.659. The zero-order chi connectivity index (χ0) is 12.7. The first-order valence-corrected chi connectivity index (χ1v) is 9.02. The predicted octanol–water partition coefficient (Wildman–Crippen LogP) is 5.21. The smallest absolute Gasteiger partial charge is 0.0542 e. The van der Waals surface area contributed by atoms with Crippen molar-refractivity contribution < 1.29 is 0 Å². The Morgan fingerprint density at radius 3 is 2.71 bits per heavy atom. The minimum absolute atomic E-state index is 0.271. The van der Waals surface area contributed by atoms with E-state index in [1.807, 2.05) is 23.1 Å². The van der Waals surface area contributed by atoms with Gasteiger partial charge in [0.2, 0.25) is 0 Å². The van der Waals surface area contributed by atoms with Gasteiger partial charge in [-0.05, 0) is 40.6 Å². The second kappa shape index (κ2) is 8.57. The summed E-state index contributed by atoms with van der Waals surface area (Å²) in [5.41, 5.74) is 6.24. The van der Waals surface area contributed by atoms with Gasteiger partial charge in [-0.1, -0.05) is 26.7 Å². The highest BCUT2D eigenvalue weighted by Gasteiger charge is 2.20. The Labute approximate surface area is 122 Å². The van der Waals surface area contributed by atoms with Gasteiger partial charge in [-0.2, -0.15) is 11.8 Å². The highest BCUT2D eigenvalue weighted by Crippen LogP contribution is 2.37. The third kappa shape index (κ3) is 5.33. The predicted molar refractivity (Wildman–Crippen MR) is 85.0 cm³/mol. The molecule has 0 aliphatic carbocycles. The van der Waals surface area contributed by atoms with Crippen LogP contribution in [0.2, 0.25) is 0 Å². The van der Waals surface area contributed by atoms with Crippen LogP contribution >= 0.6 is 39.0 Å². The van der Waals surface area contributed by atoms with Crippen molar-refractivity contribution in [2.75, 3.05) is 5.75 Å². The lowest BCUT2D eigenvalue weighted by molar-refractivity contribution is 0.638. The van der Waals surface area contributed by atoms with Crippen LogP contribution in [0.25, 0.3) is 0 Å². The lowest BCUT2D eigenvalue weighted by Gasteiger charge is -2.21. The minimum atomic E-state index is 0.271. The summed E-state index contributed by atoms with van der Waals surface area (Å²) in [5.74, 6) is 1.22.